The van der Waals surface area contributed by atoms with Crippen molar-refractivity contribution in [1.82, 2.24) is 10.2 Å². The lowest BCUT2D eigenvalue weighted by Crippen LogP contribution is -2.39. The Kier molecular flexibility index (Phi) is 10.4. The summed E-state index contributed by atoms with van der Waals surface area (Å²) in [6.45, 7) is 2.73. The summed E-state index contributed by atoms with van der Waals surface area (Å²) in [4.78, 5) is 13.7. The van der Waals surface area contributed by atoms with E-state index in [0.29, 0.717) is 13.2 Å². The number of hydrogen-bond acceptors (Lipinski definition) is 3. The molecule has 4 nitrogen and oxygen atoms in total. The maximum atomic E-state index is 11.8. The third-order valence-corrected chi connectivity index (χ3v) is 3.44. The summed E-state index contributed by atoms with van der Waals surface area (Å²) in [5.41, 5.74) is 0. The molecule has 0 aromatic carbocycles. The van der Waals surface area contributed by atoms with E-state index in [2.05, 4.69) is 5.32 Å². The predicted molar refractivity (Wildman–Crippen MR) is 76.2 cm³/mol. The van der Waals surface area contributed by atoms with Crippen LogP contribution in [0.25, 0.3) is 0 Å². The van der Waals surface area contributed by atoms with Gasteiger partial charge in [0.15, 0.2) is 0 Å². The molecule has 1 aliphatic carbocycles. The maximum absolute atomic E-state index is 11.8. The molecular weight excluding hydrogens is 252 g/mol. The van der Waals surface area contributed by atoms with Crippen LogP contribution in [0.4, 0.5) is 0 Å². The molecule has 0 unspecified atom stereocenters. The van der Waals surface area contributed by atoms with Crippen molar-refractivity contribution in [3.63, 3.8) is 0 Å². The number of likely N-dealkylation sites (N-methyl/N-ethyl adjacent to an activating group) is 1. The van der Waals surface area contributed by atoms with Crippen LogP contribution in [-0.2, 0) is 9.53 Å². The highest BCUT2D eigenvalue weighted by molar-refractivity contribution is 5.85. The van der Waals surface area contributed by atoms with E-state index in [4.69, 9.17) is 4.74 Å². The fourth-order valence-electron chi connectivity index (χ4n) is 2.36. The van der Waals surface area contributed by atoms with Crippen molar-refractivity contribution < 1.29 is 9.53 Å². The first kappa shape index (κ1) is 17.7. The average Bonchev–Trinajstić information content (AvgIpc) is 2.35. The van der Waals surface area contributed by atoms with Crippen LogP contribution in [0.3, 0.4) is 0 Å². The second kappa shape index (κ2) is 10.6. The molecule has 0 aliphatic heterocycles. The molecule has 0 saturated heterocycles. The van der Waals surface area contributed by atoms with Gasteiger partial charge in [-0.1, -0.05) is 19.3 Å². The number of ether oxygens (including phenoxy) is 1. The summed E-state index contributed by atoms with van der Waals surface area (Å²) in [6.07, 6.45) is 6.60. The van der Waals surface area contributed by atoms with Gasteiger partial charge in [-0.25, -0.2) is 0 Å². The van der Waals surface area contributed by atoms with Gasteiger partial charge in [0.25, 0.3) is 0 Å². The zero-order valence-electron chi connectivity index (χ0n) is 11.6. The van der Waals surface area contributed by atoms with E-state index in [1.54, 1.807) is 7.11 Å². The molecule has 5 heteroatoms. The molecule has 0 aromatic heterocycles. The maximum Gasteiger partial charge on any atom is 0.236 e. The minimum absolute atomic E-state index is 0. The number of carbonyl (C=O) groups is 1. The monoisotopic (exact) mass is 278 g/mol. The third-order valence-electron chi connectivity index (χ3n) is 3.44. The Morgan fingerprint density at radius 3 is 2.61 bits per heavy atom. The van der Waals surface area contributed by atoms with Gasteiger partial charge in [0.1, 0.15) is 0 Å². The molecule has 1 amide bonds. The molecule has 1 rings (SSSR count). The largest absolute Gasteiger partial charge is 0.383 e. The fourth-order valence-corrected chi connectivity index (χ4v) is 2.36. The summed E-state index contributed by atoms with van der Waals surface area (Å²) in [7, 11) is 3.58. The van der Waals surface area contributed by atoms with Gasteiger partial charge in [-0.15, -0.1) is 12.4 Å². The summed E-state index contributed by atoms with van der Waals surface area (Å²) in [5.74, 6) is 0.906. The quantitative estimate of drug-likeness (QED) is 0.721. The number of hydrogen-bond donors (Lipinski definition) is 1. The summed E-state index contributed by atoms with van der Waals surface area (Å²) >= 11 is 0. The number of nitrogens with zero attached hydrogens (tertiary/aromatic N) is 1. The zero-order valence-corrected chi connectivity index (χ0v) is 12.4. The van der Waals surface area contributed by atoms with Crippen molar-refractivity contribution in [2.45, 2.75) is 32.1 Å². The van der Waals surface area contributed by atoms with Crippen LogP contribution < -0.4 is 5.32 Å². The molecular formula is C13H27ClN2O2. The minimum Gasteiger partial charge on any atom is -0.383 e. The normalized spacial score (nSPS) is 16.1. The standard InChI is InChI=1S/C13H26N2O2.ClH/c1-15(11-12-6-4-3-5-7-12)13(16)10-14-8-9-17-2;/h12,14H,3-11H2,1-2H3;1H. The lowest BCUT2D eigenvalue weighted by molar-refractivity contribution is -0.129. The average molecular weight is 279 g/mol. The fraction of sp³-hybridized carbons (Fsp3) is 0.923. The zero-order chi connectivity index (χ0) is 12.5. The Labute approximate surface area is 117 Å². The molecule has 0 spiro atoms. The van der Waals surface area contributed by atoms with Gasteiger partial charge in [-0.3, -0.25) is 4.79 Å². The number of halogens is 1. The Hall–Kier alpha value is -0.320. The second-order valence-electron chi connectivity index (χ2n) is 4.95. The highest BCUT2D eigenvalue weighted by atomic mass is 35.5. The molecule has 1 aliphatic rings. The molecule has 0 bridgehead atoms. The van der Waals surface area contributed by atoms with E-state index in [-0.39, 0.29) is 18.3 Å². The minimum atomic E-state index is 0. The first-order valence-corrected chi connectivity index (χ1v) is 6.67. The second-order valence-corrected chi connectivity index (χ2v) is 4.95. The molecule has 0 heterocycles. The van der Waals surface area contributed by atoms with Crippen LogP contribution in [0.15, 0.2) is 0 Å². The van der Waals surface area contributed by atoms with E-state index >= 15 is 0 Å². The Bertz CT molecular complexity index is 221. The van der Waals surface area contributed by atoms with Crippen molar-refractivity contribution >= 4 is 18.3 Å². The Morgan fingerprint density at radius 1 is 1.33 bits per heavy atom. The predicted octanol–water partition coefficient (Wildman–Crippen LogP) is 1.68. The van der Waals surface area contributed by atoms with E-state index in [0.717, 1.165) is 19.0 Å². The van der Waals surface area contributed by atoms with Gasteiger partial charge >= 0.3 is 0 Å². The number of amides is 1. The summed E-state index contributed by atoms with van der Waals surface area (Å²) in [5, 5.41) is 3.09. The topological polar surface area (TPSA) is 41.6 Å². The Balaban J connectivity index is 0.00000289. The number of carbonyl (C=O) groups excluding carboxylic acids is 1. The number of nitrogens with one attached hydrogen (secondary N) is 1. The SMILES string of the molecule is COCCNCC(=O)N(C)CC1CCCCC1.Cl. The lowest BCUT2D eigenvalue weighted by atomic mass is 9.89. The molecule has 0 radical (unpaired) electrons. The van der Waals surface area contributed by atoms with E-state index < -0.39 is 0 Å². The van der Waals surface area contributed by atoms with Crippen LogP contribution in [-0.4, -0.2) is 51.2 Å². The van der Waals surface area contributed by atoms with Crippen LogP contribution in [0.1, 0.15) is 32.1 Å². The number of methoxy groups -OCH3 is 1. The molecule has 0 atom stereocenters. The van der Waals surface area contributed by atoms with Crippen molar-refractivity contribution in [2.75, 3.05) is 40.4 Å². The van der Waals surface area contributed by atoms with Crippen LogP contribution in [0, 0.1) is 5.92 Å². The molecule has 1 N–H and O–H groups in total. The molecule has 108 valence electrons. The van der Waals surface area contributed by atoms with Gasteiger partial charge in [0.05, 0.1) is 13.2 Å². The molecule has 18 heavy (non-hydrogen) atoms. The van der Waals surface area contributed by atoms with Gasteiger partial charge in [-0.05, 0) is 18.8 Å². The highest BCUT2D eigenvalue weighted by Crippen LogP contribution is 2.23. The Morgan fingerprint density at radius 2 is 2.00 bits per heavy atom. The first-order chi connectivity index (χ1) is 8.24. The van der Waals surface area contributed by atoms with Gasteiger partial charge in [0, 0.05) is 27.2 Å². The van der Waals surface area contributed by atoms with E-state index in [9.17, 15) is 4.79 Å². The summed E-state index contributed by atoms with van der Waals surface area (Å²) in [6, 6.07) is 0. The van der Waals surface area contributed by atoms with Crippen molar-refractivity contribution in [3.8, 4) is 0 Å². The van der Waals surface area contributed by atoms with Crippen molar-refractivity contribution in [2.24, 2.45) is 5.92 Å². The van der Waals surface area contributed by atoms with Crippen LogP contribution in [0.2, 0.25) is 0 Å². The van der Waals surface area contributed by atoms with Gasteiger partial charge in [-0.2, -0.15) is 0 Å². The van der Waals surface area contributed by atoms with Crippen LogP contribution >= 0.6 is 12.4 Å². The van der Waals surface area contributed by atoms with Crippen molar-refractivity contribution in [3.05, 3.63) is 0 Å². The highest BCUT2D eigenvalue weighted by Gasteiger charge is 2.17. The first-order valence-electron chi connectivity index (χ1n) is 6.67. The number of rotatable bonds is 7. The smallest absolute Gasteiger partial charge is 0.236 e. The lowest BCUT2D eigenvalue weighted by Gasteiger charge is -2.27. The van der Waals surface area contributed by atoms with E-state index in [1.807, 2.05) is 11.9 Å². The van der Waals surface area contributed by atoms with Crippen LogP contribution in [0.5, 0.6) is 0 Å². The summed E-state index contributed by atoms with van der Waals surface area (Å²) < 4.78 is 4.92. The molecule has 1 fully saturated rings. The van der Waals surface area contributed by atoms with Gasteiger partial charge in [0.2, 0.25) is 5.91 Å². The van der Waals surface area contributed by atoms with Gasteiger partial charge < -0.3 is 15.0 Å². The van der Waals surface area contributed by atoms with Crippen molar-refractivity contribution in [1.29, 1.82) is 0 Å². The molecule has 0 aromatic rings. The third kappa shape index (κ3) is 7.19. The van der Waals surface area contributed by atoms with E-state index in [1.165, 1.54) is 32.1 Å². The molecule has 1 saturated carbocycles.